The van der Waals surface area contributed by atoms with Crippen LogP contribution in [-0.4, -0.2) is 45.6 Å². The maximum Gasteiger partial charge on any atom is 0.425 e. The highest BCUT2D eigenvalue weighted by molar-refractivity contribution is 8.76. The zero-order chi connectivity index (χ0) is 20.9. The van der Waals surface area contributed by atoms with Crippen molar-refractivity contribution in [3.05, 3.63) is 33.6 Å². The molecule has 0 fully saturated rings. The molecule has 29 heavy (non-hydrogen) atoms. The molecule has 0 aliphatic rings. The first-order valence-corrected chi connectivity index (χ1v) is 12.4. The topological polar surface area (TPSA) is 87.1 Å². The third kappa shape index (κ3) is 5.90. The summed E-state index contributed by atoms with van der Waals surface area (Å²) in [6.45, 7) is 0.988. The standard InChI is InChI=1S/C16H15F3N4O2S4/c17-16(18,19)11-7-10(24)13(29-11)15(25)21-3-6-28-27-5-2-20-14-12-9(1-4-26-12)22-8-23-14/h1,4,7-8,24H,2-3,5-6H2,(H,21,25)(H,20,22,23). The molecule has 3 N–H and O–H groups in total. The number of thiophene rings is 2. The molecule has 0 aromatic carbocycles. The van der Waals surface area contributed by atoms with Gasteiger partial charge in [-0.1, -0.05) is 21.6 Å². The quantitative estimate of drug-likeness (QED) is 0.302. The molecular formula is C16H15F3N4O2S4. The molecule has 13 heteroatoms. The van der Waals surface area contributed by atoms with Crippen molar-refractivity contribution in [3.63, 3.8) is 0 Å². The van der Waals surface area contributed by atoms with E-state index in [1.165, 1.54) is 17.1 Å². The summed E-state index contributed by atoms with van der Waals surface area (Å²) < 4.78 is 38.9. The Morgan fingerprint density at radius 2 is 1.97 bits per heavy atom. The van der Waals surface area contributed by atoms with Crippen LogP contribution in [0.1, 0.15) is 14.5 Å². The summed E-state index contributed by atoms with van der Waals surface area (Å²) in [5.41, 5.74) is 0.907. The van der Waals surface area contributed by atoms with Gasteiger partial charge in [0, 0.05) is 30.7 Å². The Morgan fingerprint density at radius 1 is 1.21 bits per heavy atom. The number of alkyl halides is 3. The van der Waals surface area contributed by atoms with Crippen LogP contribution in [0.2, 0.25) is 0 Å². The Kier molecular flexibility index (Phi) is 7.49. The van der Waals surface area contributed by atoms with E-state index in [-0.39, 0.29) is 22.8 Å². The average molecular weight is 481 g/mol. The molecule has 3 rings (SSSR count). The second-order valence-electron chi connectivity index (χ2n) is 5.51. The van der Waals surface area contributed by atoms with Gasteiger partial charge in [0.05, 0.1) is 10.2 Å². The van der Waals surface area contributed by atoms with Crippen LogP contribution in [0.5, 0.6) is 5.75 Å². The number of rotatable bonds is 9. The lowest BCUT2D eigenvalue weighted by Gasteiger charge is -2.06. The first-order chi connectivity index (χ1) is 13.9. The summed E-state index contributed by atoms with van der Waals surface area (Å²) in [5.74, 6) is 0.821. The van der Waals surface area contributed by atoms with E-state index in [1.54, 1.807) is 22.1 Å². The van der Waals surface area contributed by atoms with E-state index in [1.807, 2.05) is 11.4 Å². The Labute approximate surface area is 179 Å². The van der Waals surface area contributed by atoms with Crippen LogP contribution < -0.4 is 10.6 Å². The van der Waals surface area contributed by atoms with E-state index in [4.69, 9.17) is 0 Å². The molecule has 6 nitrogen and oxygen atoms in total. The largest absolute Gasteiger partial charge is 0.506 e. The molecule has 0 atom stereocenters. The van der Waals surface area contributed by atoms with Gasteiger partial charge >= 0.3 is 6.18 Å². The Bertz CT molecular complexity index is 977. The number of hydrogen-bond acceptors (Lipinski definition) is 9. The Morgan fingerprint density at radius 3 is 2.69 bits per heavy atom. The Balaban J connectivity index is 1.32. The van der Waals surface area contributed by atoms with E-state index in [2.05, 4.69) is 20.6 Å². The zero-order valence-electron chi connectivity index (χ0n) is 14.7. The molecule has 0 aliphatic heterocycles. The van der Waals surface area contributed by atoms with E-state index in [0.29, 0.717) is 18.4 Å². The molecule has 3 heterocycles. The van der Waals surface area contributed by atoms with Gasteiger partial charge in [0.1, 0.15) is 27.6 Å². The smallest absolute Gasteiger partial charge is 0.425 e. The minimum absolute atomic E-state index is 0.232. The second kappa shape index (κ2) is 9.87. The van der Waals surface area contributed by atoms with E-state index in [9.17, 15) is 23.1 Å². The van der Waals surface area contributed by atoms with Gasteiger partial charge in [-0.25, -0.2) is 9.97 Å². The fourth-order valence-corrected chi connectivity index (χ4v) is 5.67. The van der Waals surface area contributed by atoms with Crippen LogP contribution in [0.15, 0.2) is 23.8 Å². The Hall–Kier alpha value is -1.70. The monoisotopic (exact) mass is 480 g/mol. The fourth-order valence-electron chi connectivity index (χ4n) is 2.21. The zero-order valence-corrected chi connectivity index (χ0v) is 17.9. The summed E-state index contributed by atoms with van der Waals surface area (Å²) in [5, 5.41) is 17.3. The van der Waals surface area contributed by atoms with Crippen molar-refractivity contribution in [2.75, 3.05) is 29.9 Å². The second-order valence-corrected chi connectivity index (χ2v) is 10.2. The van der Waals surface area contributed by atoms with Crippen molar-refractivity contribution in [3.8, 4) is 5.75 Å². The molecule has 0 radical (unpaired) electrons. The number of nitrogens with zero attached hydrogens (tertiary/aromatic N) is 2. The van der Waals surface area contributed by atoms with Crippen LogP contribution >= 0.6 is 44.3 Å². The summed E-state index contributed by atoms with van der Waals surface area (Å²) >= 11 is 1.81. The number of carbonyl (C=O) groups is 1. The molecule has 156 valence electrons. The van der Waals surface area contributed by atoms with E-state index < -0.39 is 22.7 Å². The van der Waals surface area contributed by atoms with Gasteiger partial charge in [-0.3, -0.25) is 4.79 Å². The number of aromatic nitrogens is 2. The molecule has 0 saturated heterocycles. The summed E-state index contributed by atoms with van der Waals surface area (Å²) in [6.07, 6.45) is -3.06. The normalized spacial score (nSPS) is 11.7. The molecule has 0 unspecified atom stereocenters. The summed E-state index contributed by atoms with van der Waals surface area (Å²) in [4.78, 5) is 19.0. The van der Waals surface area contributed by atoms with Crippen molar-refractivity contribution >= 4 is 66.2 Å². The van der Waals surface area contributed by atoms with Gasteiger partial charge in [-0.2, -0.15) is 13.2 Å². The average Bonchev–Trinajstić information content (AvgIpc) is 3.30. The minimum atomic E-state index is -4.58. The lowest BCUT2D eigenvalue weighted by Crippen LogP contribution is -2.24. The molecule has 0 spiro atoms. The highest BCUT2D eigenvalue weighted by Crippen LogP contribution is 2.39. The van der Waals surface area contributed by atoms with Gasteiger partial charge in [-0.05, 0) is 11.4 Å². The van der Waals surface area contributed by atoms with Crippen LogP contribution in [0.4, 0.5) is 19.0 Å². The van der Waals surface area contributed by atoms with Crippen LogP contribution in [0, 0.1) is 0 Å². The van der Waals surface area contributed by atoms with Gasteiger partial charge in [-0.15, -0.1) is 22.7 Å². The summed E-state index contributed by atoms with van der Waals surface area (Å²) in [7, 11) is 3.14. The highest BCUT2D eigenvalue weighted by Gasteiger charge is 2.35. The molecular weight excluding hydrogens is 465 g/mol. The molecule has 3 aromatic heterocycles. The first kappa shape index (κ1) is 22.0. The van der Waals surface area contributed by atoms with Gasteiger partial charge in [0.25, 0.3) is 5.91 Å². The number of hydrogen-bond donors (Lipinski definition) is 3. The number of amides is 1. The van der Waals surface area contributed by atoms with E-state index >= 15 is 0 Å². The van der Waals surface area contributed by atoms with Crippen molar-refractivity contribution in [2.24, 2.45) is 0 Å². The highest BCUT2D eigenvalue weighted by atomic mass is 33.1. The maximum absolute atomic E-state index is 12.6. The third-order valence-electron chi connectivity index (χ3n) is 3.47. The number of nitrogens with one attached hydrogen (secondary N) is 2. The number of fused-ring (bicyclic) bond motifs is 1. The lowest BCUT2D eigenvalue weighted by atomic mass is 10.3. The fraction of sp³-hybridized carbons (Fsp3) is 0.312. The predicted molar refractivity (Wildman–Crippen MR) is 114 cm³/mol. The van der Waals surface area contributed by atoms with Gasteiger partial charge in [0.2, 0.25) is 0 Å². The first-order valence-electron chi connectivity index (χ1n) is 8.21. The van der Waals surface area contributed by atoms with E-state index in [0.717, 1.165) is 21.8 Å². The molecule has 0 saturated carbocycles. The SMILES string of the molecule is O=C(NCCSSCCNc1ncnc2ccsc12)c1sc(C(F)(F)F)cc1O. The maximum atomic E-state index is 12.6. The number of anilines is 1. The lowest BCUT2D eigenvalue weighted by molar-refractivity contribution is -0.134. The van der Waals surface area contributed by atoms with Gasteiger partial charge in [0.15, 0.2) is 0 Å². The molecule has 1 amide bonds. The minimum Gasteiger partial charge on any atom is -0.506 e. The third-order valence-corrected chi connectivity index (χ3v) is 7.96. The van der Waals surface area contributed by atoms with Crippen LogP contribution in [0.3, 0.4) is 0 Å². The number of aromatic hydroxyl groups is 1. The number of halogens is 3. The number of carbonyl (C=O) groups excluding carboxylic acids is 1. The molecule has 0 bridgehead atoms. The van der Waals surface area contributed by atoms with Crippen molar-refractivity contribution in [1.29, 1.82) is 0 Å². The van der Waals surface area contributed by atoms with Crippen LogP contribution in [-0.2, 0) is 6.18 Å². The van der Waals surface area contributed by atoms with Crippen molar-refractivity contribution < 1.29 is 23.1 Å². The molecule has 0 aliphatic carbocycles. The predicted octanol–water partition coefficient (Wildman–Crippen LogP) is 4.70. The van der Waals surface area contributed by atoms with Crippen molar-refractivity contribution in [1.82, 2.24) is 15.3 Å². The van der Waals surface area contributed by atoms with Gasteiger partial charge < -0.3 is 15.7 Å². The van der Waals surface area contributed by atoms with Crippen LogP contribution in [0.25, 0.3) is 10.2 Å². The van der Waals surface area contributed by atoms with Crippen molar-refractivity contribution in [2.45, 2.75) is 6.18 Å². The molecule has 3 aromatic rings. The summed E-state index contributed by atoms with van der Waals surface area (Å²) in [6, 6.07) is 2.50.